The highest BCUT2D eigenvalue weighted by Gasteiger charge is 2.34. The number of rotatable bonds is 3. The lowest BCUT2D eigenvalue weighted by Crippen LogP contribution is -2.39. The second-order valence-electron chi connectivity index (χ2n) is 5.27. The van der Waals surface area contributed by atoms with Crippen molar-refractivity contribution in [3.05, 3.63) is 22.8 Å². The summed E-state index contributed by atoms with van der Waals surface area (Å²) in [6, 6.07) is 2.11. The number of aryl methyl sites for hydroxylation is 1. The maximum absolute atomic E-state index is 6.44. The van der Waals surface area contributed by atoms with Crippen molar-refractivity contribution in [2.24, 2.45) is 5.73 Å². The molecular formula is C14H19N3OS. The minimum atomic E-state index is -0.385. The molecule has 0 saturated heterocycles. The highest BCUT2D eigenvalue weighted by Crippen LogP contribution is 2.35. The molecule has 3 rings (SSSR count). The molecule has 0 spiro atoms. The van der Waals surface area contributed by atoms with Crippen LogP contribution in [0.4, 0.5) is 0 Å². The van der Waals surface area contributed by atoms with Gasteiger partial charge < -0.3 is 10.3 Å². The van der Waals surface area contributed by atoms with Crippen LogP contribution in [-0.2, 0) is 12.0 Å². The average Bonchev–Trinajstić information content (AvgIpc) is 3.08. The zero-order valence-electron chi connectivity index (χ0n) is 11.2. The van der Waals surface area contributed by atoms with Crippen molar-refractivity contribution in [2.45, 2.75) is 51.0 Å². The summed E-state index contributed by atoms with van der Waals surface area (Å²) in [5.41, 5.74) is 7.31. The highest BCUT2D eigenvalue weighted by molar-refractivity contribution is 7.13. The van der Waals surface area contributed by atoms with Gasteiger partial charge in [0.05, 0.1) is 10.4 Å². The predicted molar refractivity (Wildman–Crippen MR) is 75.9 cm³/mol. The van der Waals surface area contributed by atoms with Crippen LogP contribution < -0.4 is 5.73 Å². The molecule has 0 aliphatic heterocycles. The van der Waals surface area contributed by atoms with Crippen LogP contribution in [0.3, 0.4) is 0 Å². The molecule has 1 saturated carbocycles. The van der Waals surface area contributed by atoms with Gasteiger partial charge in [-0.05, 0) is 36.3 Å². The molecule has 5 heteroatoms. The van der Waals surface area contributed by atoms with Gasteiger partial charge in [0.1, 0.15) is 0 Å². The number of aromatic nitrogens is 2. The topological polar surface area (TPSA) is 64.9 Å². The fraction of sp³-hybridized carbons (Fsp3) is 0.571. The molecule has 102 valence electrons. The Morgan fingerprint density at radius 3 is 2.89 bits per heavy atom. The van der Waals surface area contributed by atoms with Crippen LogP contribution in [0, 0.1) is 0 Å². The molecule has 0 aromatic carbocycles. The van der Waals surface area contributed by atoms with Crippen LogP contribution in [0.25, 0.3) is 10.8 Å². The van der Waals surface area contributed by atoms with Gasteiger partial charge in [0, 0.05) is 0 Å². The molecule has 0 atom stereocenters. The second kappa shape index (κ2) is 5.06. The van der Waals surface area contributed by atoms with E-state index in [1.54, 1.807) is 11.3 Å². The van der Waals surface area contributed by atoms with Gasteiger partial charge in [-0.3, -0.25) is 0 Å². The lowest BCUT2D eigenvalue weighted by Gasteiger charge is -2.29. The Kier molecular flexibility index (Phi) is 3.41. The Bertz CT molecular complexity index is 555. The molecule has 1 aliphatic rings. The van der Waals surface area contributed by atoms with Crippen molar-refractivity contribution in [3.63, 3.8) is 0 Å². The summed E-state index contributed by atoms with van der Waals surface area (Å²) in [5, 5.41) is 6.20. The Morgan fingerprint density at radius 2 is 2.16 bits per heavy atom. The third-order valence-electron chi connectivity index (χ3n) is 3.94. The van der Waals surface area contributed by atoms with Crippen LogP contribution in [0.15, 0.2) is 16.0 Å². The fourth-order valence-electron chi connectivity index (χ4n) is 2.73. The Balaban J connectivity index is 1.91. The molecule has 2 heterocycles. The maximum Gasteiger partial charge on any atom is 0.268 e. The standard InChI is InChI=1S/C14H19N3OS/c1-2-10-6-9-19-11(10)12-16-13(17-18-12)14(15)7-4-3-5-8-14/h6,9H,2-5,7-8,15H2,1H3. The summed E-state index contributed by atoms with van der Waals surface area (Å²) in [7, 11) is 0. The van der Waals surface area contributed by atoms with E-state index >= 15 is 0 Å². The van der Waals surface area contributed by atoms with E-state index < -0.39 is 0 Å². The first kappa shape index (κ1) is 12.8. The van der Waals surface area contributed by atoms with Gasteiger partial charge in [-0.15, -0.1) is 11.3 Å². The molecule has 0 bridgehead atoms. The van der Waals surface area contributed by atoms with Crippen molar-refractivity contribution in [3.8, 4) is 10.8 Å². The molecule has 0 unspecified atom stereocenters. The smallest absolute Gasteiger partial charge is 0.268 e. The minimum Gasteiger partial charge on any atom is -0.333 e. The first-order chi connectivity index (χ1) is 9.23. The number of nitrogens with zero attached hydrogens (tertiary/aromatic N) is 2. The van der Waals surface area contributed by atoms with E-state index in [0.29, 0.717) is 11.7 Å². The summed E-state index contributed by atoms with van der Waals surface area (Å²) in [6.45, 7) is 2.13. The summed E-state index contributed by atoms with van der Waals surface area (Å²) in [5.74, 6) is 1.30. The predicted octanol–water partition coefficient (Wildman–Crippen LogP) is 3.48. The van der Waals surface area contributed by atoms with Crippen molar-refractivity contribution < 1.29 is 4.52 Å². The number of hydrogen-bond donors (Lipinski definition) is 1. The Hall–Kier alpha value is -1.20. The second-order valence-corrected chi connectivity index (χ2v) is 6.18. The molecule has 2 aromatic rings. The monoisotopic (exact) mass is 277 g/mol. The van der Waals surface area contributed by atoms with Gasteiger partial charge in [0.15, 0.2) is 5.82 Å². The van der Waals surface area contributed by atoms with Gasteiger partial charge in [-0.2, -0.15) is 4.98 Å². The van der Waals surface area contributed by atoms with Gasteiger partial charge in [-0.1, -0.05) is 31.3 Å². The van der Waals surface area contributed by atoms with Gasteiger partial charge in [0.2, 0.25) is 0 Å². The molecule has 4 nitrogen and oxygen atoms in total. The minimum absolute atomic E-state index is 0.385. The third kappa shape index (κ3) is 2.32. The van der Waals surface area contributed by atoms with Crippen molar-refractivity contribution in [1.82, 2.24) is 10.1 Å². The number of hydrogen-bond acceptors (Lipinski definition) is 5. The van der Waals surface area contributed by atoms with Gasteiger partial charge in [0.25, 0.3) is 5.89 Å². The summed E-state index contributed by atoms with van der Waals surface area (Å²) in [4.78, 5) is 5.65. The highest BCUT2D eigenvalue weighted by atomic mass is 32.1. The van der Waals surface area contributed by atoms with Crippen LogP contribution in [0.2, 0.25) is 0 Å². The zero-order valence-corrected chi connectivity index (χ0v) is 12.0. The third-order valence-corrected chi connectivity index (χ3v) is 4.88. The molecular weight excluding hydrogens is 258 g/mol. The van der Waals surface area contributed by atoms with Gasteiger partial charge in [-0.25, -0.2) is 0 Å². The molecule has 0 radical (unpaired) electrons. The normalized spacial score (nSPS) is 18.6. The van der Waals surface area contributed by atoms with E-state index in [2.05, 4.69) is 28.5 Å². The van der Waals surface area contributed by atoms with Crippen molar-refractivity contribution >= 4 is 11.3 Å². The quantitative estimate of drug-likeness (QED) is 0.932. The molecule has 19 heavy (non-hydrogen) atoms. The van der Waals surface area contributed by atoms with E-state index in [0.717, 1.165) is 37.0 Å². The van der Waals surface area contributed by atoms with Crippen LogP contribution >= 0.6 is 11.3 Å². The average molecular weight is 277 g/mol. The summed E-state index contributed by atoms with van der Waals surface area (Å²) in [6.07, 6.45) is 6.45. The Labute approximate surface area is 117 Å². The van der Waals surface area contributed by atoms with Crippen molar-refractivity contribution in [2.75, 3.05) is 0 Å². The largest absolute Gasteiger partial charge is 0.333 e. The number of nitrogens with two attached hydrogens (primary N) is 1. The summed E-state index contributed by atoms with van der Waals surface area (Å²) >= 11 is 1.65. The first-order valence-corrected chi connectivity index (χ1v) is 7.81. The van der Waals surface area contributed by atoms with Crippen LogP contribution in [0.1, 0.15) is 50.4 Å². The summed E-state index contributed by atoms with van der Waals surface area (Å²) < 4.78 is 5.44. The van der Waals surface area contributed by atoms with Crippen LogP contribution in [0.5, 0.6) is 0 Å². The van der Waals surface area contributed by atoms with E-state index in [1.807, 2.05) is 0 Å². The van der Waals surface area contributed by atoms with Gasteiger partial charge >= 0.3 is 0 Å². The fourth-order valence-corrected chi connectivity index (χ4v) is 3.64. The molecule has 2 aromatic heterocycles. The van der Waals surface area contributed by atoms with Crippen molar-refractivity contribution in [1.29, 1.82) is 0 Å². The zero-order chi connectivity index (χ0) is 13.3. The lowest BCUT2D eigenvalue weighted by molar-refractivity contribution is 0.275. The molecule has 1 aliphatic carbocycles. The number of thiophene rings is 1. The lowest BCUT2D eigenvalue weighted by atomic mass is 9.82. The van der Waals surface area contributed by atoms with E-state index in [9.17, 15) is 0 Å². The molecule has 1 fully saturated rings. The van der Waals surface area contributed by atoms with E-state index in [1.165, 1.54) is 12.0 Å². The van der Waals surface area contributed by atoms with E-state index in [4.69, 9.17) is 10.3 Å². The molecule has 2 N–H and O–H groups in total. The van der Waals surface area contributed by atoms with E-state index in [-0.39, 0.29) is 5.54 Å². The SMILES string of the molecule is CCc1ccsc1-c1nc(C2(N)CCCCC2)no1. The Morgan fingerprint density at radius 1 is 1.37 bits per heavy atom. The molecule has 0 amide bonds. The van der Waals surface area contributed by atoms with Crippen LogP contribution in [-0.4, -0.2) is 10.1 Å². The maximum atomic E-state index is 6.44. The first-order valence-electron chi connectivity index (χ1n) is 6.93.